The van der Waals surface area contributed by atoms with Crippen LogP contribution in [0.15, 0.2) is 35.9 Å². The average Bonchev–Trinajstić information content (AvgIpc) is 2.60. The number of phenols is 1. The zero-order valence-electron chi connectivity index (χ0n) is 14.3. The zero-order chi connectivity index (χ0) is 19.9. The van der Waals surface area contributed by atoms with Crippen molar-refractivity contribution in [2.45, 2.75) is 13.8 Å². The molecule has 0 unspecified atom stereocenters. The van der Waals surface area contributed by atoms with E-state index in [9.17, 15) is 14.7 Å². The predicted molar refractivity (Wildman–Crippen MR) is 110 cm³/mol. The highest BCUT2D eigenvalue weighted by molar-refractivity contribution is 7.80. The molecule has 2 N–H and O–H groups in total. The first-order chi connectivity index (χ1) is 12.7. The van der Waals surface area contributed by atoms with Crippen LogP contribution in [0.25, 0.3) is 6.08 Å². The first-order valence-electron chi connectivity index (χ1n) is 7.86. The largest absolute Gasteiger partial charge is 0.507 e. The monoisotopic (exact) mass is 420 g/mol. The van der Waals surface area contributed by atoms with Crippen LogP contribution in [0, 0.1) is 13.8 Å². The van der Waals surface area contributed by atoms with Crippen molar-refractivity contribution in [3.05, 3.63) is 62.6 Å². The van der Waals surface area contributed by atoms with E-state index in [-0.39, 0.29) is 32.2 Å². The number of hydrogen-bond donors (Lipinski definition) is 2. The lowest BCUT2D eigenvalue weighted by Gasteiger charge is -2.29. The third-order valence-electron chi connectivity index (χ3n) is 4.10. The number of amides is 2. The van der Waals surface area contributed by atoms with E-state index in [0.717, 1.165) is 4.90 Å². The Morgan fingerprint density at radius 1 is 1.15 bits per heavy atom. The Hall–Kier alpha value is -2.41. The van der Waals surface area contributed by atoms with E-state index >= 15 is 0 Å². The normalized spacial score (nSPS) is 16.1. The number of anilines is 1. The van der Waals surface area contributed by atoms with Gasteiger partial charge in [0.1, 0.15) is 11.3 Å². The van der Waals surface area contributed by atoms with E-state index in [0.29, 0.717) is 16.7 Å². The Morgan fingerprint density at radius 2 is 1.78 bits per heavy atom. The second-order valence-corrected chi connectivity index (χ2v) is 7.21. The maximum atomic E-state index is 13.0. The SMILES string of the molecule is Cc1cc(C=C2C(=O)NC(=S)N(c3cccc(Cl)c3Cl)C2=O)cc(C)c1O. The summed E-state index contributed by atoms with van der Waals surface area (Å²) in [5.41, 5.74) is 2.05. The number of rotatable bonds is 2. The van der Waals surface area contributed by atoms with Crippen LogP contribution >= 0.6 is 35.4 Å². The zero-order valence-corrected chi connectivity index (χ0v) is 16.7. The van der Waals surface area contributed by atoms with Crippen LogP contribution in [0.5, 0.6) is 5.75 Å². The second-order valence-electron chi connectivity index (χ2n) is 6.03. The number of hydrogen-bond acceptors (Lipinski definition) is 4. The van der Waals surface area contributed by atoms with Gasteiger partial charge in [-0.25, -0.2) is 0 Å². The van der Waals surface area contributed by atoms with Crippen molar-refractivity contribution in [2.75, 3.05) is 4.90 Å². The number of phenolic OH excluding ortho intramolecular Hbond substituents is 1. The smallest absolute Gasteiger partial charge is 0.270 e. The average molecular weight is 421 g/mol. The standard InChI is InChI=1S/C19H14Cl2N2O3S/c1-9-6-11(7-10(2)16(9)24)8-12-17(25)22-19(27)23(18(12)26)14-5-3-4-13(20)15(14)21/h3-8,24H,1-2H3,(H,22,25,27). The fourth-order valence-electron chi connectivity index (χ4n) is 2.78. The Balaban J connectivity index is 2.09. The van der Waals surface area contributed by atoms with Gasteiger partial charge in [0, 0.05) is 0 Å². The number of thiocarbonyl (C=S) groups is 1. The van der Waals surface area contributed by atoms with E-state index in [1.54, 1.807) is 44.2 Å². The molecule has 0 atom stereocenters. The van der Waals surface area contributed by atoms with Crippen molar-refractivity contribution in [3.8, 4) is 5.75 Å². The number of aromatic hydroxyl groups is 1. The van der Waals surface area contributed by atoms with E-state index in [4.69, 9.17) is 35.4 Å². The highest BCUT2D eigenvalue weighted by Crippen LogP contribution is 2.34. The van der Waals surface area contributed by atoms with E-state index in [2.05, 4.69) is 5.32 Å². The molecule has 1 heterocycles. The molecule has 27 heavy (non-hydrogen) atoms. The van der Waals surface area contributed by atoms with Gasteiger partial charge in [-0.2, -0.15) is 0 Å². The Labute approximate surface area is 171 Å². The maximum Gasteiger partial charge on any atom is 0.270 e. The van der Waals surface area contributed by atoms with E-state index in [1.807, 2.05) is 0 Å². The molecule has 1 fully saturated rings. The Morgan fingerprint density at radius 3 is 2.41 bits per heavy atom. The number of carbonyl (C=O) groups is 2. The molecule has 138 valence electrons. The molecule has 1 aliphatic rings. The van der Waals surface area contributed by atoms with Gasteiger partial charge in [-0.1, -0.05) is 29.3 Å². The van der Waals surface area contributed by atoms with Gasteiger partial charge in [0.2, 0.25) is 0 Å². The number of aryl methyl sites for hydroxylation is 2. The van der Waals surface area contributed by atoms with Gasteiger partial charge in [-0.15, -0.1) is 0 Å². The van der Waals surface area contributed by atoms with Crippen LogP contribution in [0.1, 0.15) is 16.7 Å². The number of carbonyl (C=O) groups excluding carboxylic acids is 2. The summed E-state index contributed by atoms with van der Waals surface area (Å²) in [5, 5.41) is 12.7. The molecule has 0 aliphatic carbocycles. The van der Waals surface area contributed by atoms with Crippen LogP contribution in [-0.4, -0.2) is 22.0 Å². The molecular formula is C19H14Cl2N2O3S. The molecule has 2 amide bonds. The van der Waals surface area contributed by atoms with Gasteiger partial charge >= 0.3 is 0 Å². The molecule has 0 bridgehead atoms. The van der Waals surface area contributed by atoms with Crippen molar-refractivity contribution < 1.29 is 14.7 Å². The molecule has 8 heteroatoms. The van der Waals surface area contributed by atoms with Crippen LogP contribution < -0.4 is 10.2 Å². The minimum absolute atomic E-state index is 0.0793. The molecule has 5 nitrogen and oxygen atoms in total. The van der Waals surface area contributed by atoms with Crippen molar-refractivity contribution in [3.63, 3.8) is 0 Å². The summed E-state index contributed by atoms with van der Waals surface area (Å²) in [6.45, 7) is 3.47. The maximum absolute atomic E-state index is 13.0. The lowest BCUT2D eigenvalue weighted by Crippen LogP contribution is -2.54. The van der Waals surface area contributed by atoms with Crippen molar-refractivity contribution in [2.24, 2.45) is 0 Å². The quantitative estimate of drug-likeness (QED) is 0.434. The van der Waals surface area contributed by atoms with Crippen LogP contribution in [-0.2, 0) is 9.59 Å². The minimum atomic E-state index is -0.615. The number of nitrogens with zero attached hydrogens (tertiary/aromatic N) is 1. The molecular weight excluding hydrogens is 407 g/mol. The van der Waals surface area contributed by atoms with Crippen molar-refractivity contribution in [1.82, 2.24) is 5.32 Å². The van der Waals surface area contributed by atoms with E-state index < -0.39 is 11.8 Å². The molecule has 0 spiro atoms. The van der Waals surface area contributed by atoms with Crippen LogP contribution in [0.3, 0.4) is 0 Å². The minimum Gasteiger partial charge on any atom is -0.507 e. The van der Waals surface area contributed by atoms with E-state index in [1.165, 1.54) is 6.08 Å². The summed E-state index contributed by atoms with van der Waals surface area (Å²) >= 11 is 17.4. The summed E-state index contributed by atoms with van der Waals surface area (Å²) in [5.74, 6) is -1.05. The van der Waals surface area contributed by atoms with Gasteiger partial charge in [-0.05, 0) is 73.1 Å². The molecule has 1 aliphatic heterocycles. The Bertz CT molecular complexity index is 1010. The summed E-state index contributed by atoms with van der Waals surface area (Å²) in [4.78, 5) is 26.5. The lowest BCUT2D eigenvalue weighted by atomic mass is 10.0. The third kappa shape index (κ3) is 3.56. The van der Waals surface area contributed by atoms with Crippen molar-refractivity contribution >= 4 is 64.1 Å². The molecule has 1 saturated heterocycles. The number of benzene rings is 2. The van der Waals surface area contributed by atoms with Gasteiger partial charge in [-0.3, -0.25) is 19.8 Å². The number of nitrogens with one attached hydrogen (secondary N) is 1. The molecule has 3 rings (SSSR count). The second kappa shape index (κ2) is 7.31. The molecule has 0 aromatic heterocycles. The van der Waals surface area contributed by atoms with Crippen LogP contribution in [0.4, 0.5) is 5.69 Å². The highest BCUT2D eigenvalue weighted by Gasteiger charge is 2.35. The van der Waals surface area contributed by atoms with Gasteiger partial charge in [0.25, 0.3) is 11.8 Å². The molecule has 0 saturated carbocycles. The summed E-state index contributed by atoms with van der Waals surface area (Å²) in [7, 11) is 0. The number of halogens is 2. The molecule has 0 radical (unpaired) electrons. The first kappa shape index (κ1) is 19.4. The van der Waals surface area contributed by atoms with Gasteiger partial charge in [0.15, 0.2) is 5.11 Å². The molecule has 2 aromatic rings. The predicted octanol–water partition coefficient (Wildman–Crippen LogP) is 4.15. The fourth-order valence-corrected chi connectivity index (χ4v) is 3.43. The third-order valence-corrected chi connectivity index (χ3v) is 5.19. The highest BCUT2D eigenvalue weighted by atomic mass is 35.5. The Kier molecular flexibility index (Phi) is 5.24. The molecule has 2 aromatic carbocycles. The fraction of sp³-hybridized carbons (Fsp3) is 0.105. The first-order valence-corrected chi connectivity index (χ1v) is 9.03. The van der Waals surface area contributed by atoms with Gasteiger partial charge < -0.3 is 5.11 Å². The van der Waals surface area contributed by atoms with Crippen LogP contribution in [0.2, 0.25) is 10.0 Å². The topological polar surface area (TPSA) is 69.6 Å². The summed E-state index contributed by atoms with van der Waals surface area (Å²) < 4.78 is 0. The van der Waals surface area contributed by atoms with Crippen molar-refractivity contribution in [1.29, 1.82) is 0 Å². The summed E-state index contributed by atoms with van der Waals surface area (Å²) in [6.07, 6.45) is 1.45. The lowest BCUT2D eigenvalue weighted by molar-refractivity contribution is -0.122. The van der Waals surface area contributed by atoms with Gasteiger partial charge in [0.05, 0.1) is 15.7 Å². The summed E-state index contributed by atoms with van der Waals surface area (Å²) in [6, 6.07) is 8.16.